The molecule has 0 aliphatic carbocycles. The van der Waals surface area contributed by atoms with Gasteiger partial charge in [0.1, 0.15) is 5.75 Å². The summed E-state index contributed by atoms with van der Waals surface area (Å²) < 4.78 is 7.26. The maximum atomic E-state index is 11.4. The average molecular weight is 287 g/mol. The quantitative estimate of drug-likeness (QED) is 0.874. The average Bonchev–Trinajstić information content (AvgIpc) is 2.82. The van der Waals surface area contributed by atoms with Crippen LogP contribution in [-0.2, 0) is 6.54 Å². The molecule has 0 fully saturated rings. The highest BCUT2D eigenvalue weighted by atomic mass is 16.5. The molecule has 0 saturated carbocycles. The predicted molar refractivity (Wildman–Crippen MR) is 83.0 cm³/mol. The standard InChI is InChI=1S/C17H21NO3/c1-4-5-10-18-12(2)15(17(19)20)11-16(18)13-6-8-14(21-3)9-7-13/h6-9,11H,4-5,10H2,1-3H3,(H,19,20). The summed E-state index contributed by atoms with van der Waals surface area (Å²) in [4.78, 5) is 11.4. The first-order valence-electron chi connectivity index (χ1n) is 7.16. The number of benzene rings is 1. The summed E-state index contributed by atoms with van der Waals surface area (Å²) in [5, 5.41) is 9.32. The second-order valence-electron chi connectivity index (χ2n) is 5.07. The molecule has 0 spiro atoms. The molecule has 4 heteroatoms. The van der Waals surface area contributed by atoms with Crippen LogP contribution in [0.1, 0.15) is 35.8 Å². The number of hydrogen-bond donors (Lipinski definition) is 1. The molecular weight excluding hydrogens is 266 g/mol. The number of rotatable bonds is 6. The monoisotopic (exact) mass is 287 g/mol. The molecule has 0 amide bonds. The Morgan fingerprint density at radius 1 is 1.29 bits per heavy atom. The minimum Gasteiger partial charge on any atom is -0.497 e. The van der Waals surface area contributed by atoms with E-state index in [0.717, 1.165) is 42.1 Å². The molecule has 2 aromatic rings. The van der Waals surface area contributed by atoms with Crippen LogP contribution < -0.4 is 4.74 Å². The molecule has 1 heterocycles. The third-order valence-corrected chi connectivity index (χ3v) is 3.72. The summed E-state index contributed by atoms with van der Waals surface area (Å²) in [5.41, 5.74) is 3.13. The van der Waals surface area contributed by atoms with E-state index >= 15 is 0 Å². The second kappa shape index (κ2) is 6.48. The molecule has 1 N–H and O–H groups in total. The molecule has 21 heavy (non-hydrogen) atoms. The molecule has 2 rings (SSSR count). The van der Waals surface area contributed by atoms with Crippen molar-refractivity contribution in [2.24, 2.45) is 0 Å². The Balaban J connectivity index is 2.49. The highest BCUT2D eigenvalue weighted by Crippen LogP contribution is 2.28. The first-order valence-corrected chi connectivity index (χ1v) is 7.16. The number of aromatic carboxylic acids is 1. The van der Waals surface area contributed by atoms with Gasteiger partial charge in [0.25, 0.3) is 0 Å². The van der Waals surface area contributed by atoms with Crippen molar-refractivity contribution in [2.75, 3.05) is 7.11 Å². The number of carboxylic acid groups (broad SMARTS) is 1. The number of nitrogens with zero attached hydrogens (tertiary/aromatic N) is 1. The molecule has 1 aromatic heterocycles. The van der Waals surface area contributed by atoms with Crippen molar-refractivity contribution in [3.63, 3.8) is 0 Å². The van der Waals surface area contributed by atoms with Gasteiger partial charge in [0.15, 0.2) is 0 Å². The molecule has 0 aliphatic rings. The lowest BCUT2D eigenvalue weighted by Gasteiger charge is -2.11. The number of carbonyl (C=O) groups is 1. The van der Waals surface area contributed by atoms with Crippen LogP contribution in [0.4, 0.5) is 0 Å². The molecule has 0 saturated heterocycles. The molecule has 0 bridgehead atoms. The smallest absolute Gasteiger partial charge is 0.337 e. The Morgan fingerprint density at radius 2 is 1.95 bits per heavy atom. The third-order valence-electron chi connectivity index (χ3n) is 3.72. The van der Waals surface area contributed by atoms with E-state index in [1.165, 1.54) is 0 Å². The van der Waals surface area contributed by atoms with Gasteiger partial charge >= 0.3 is 5.97 Å². The van der Waals surface area contributed by atoms with Crippen LogP contribution in [0.15, 0.2) is 30.3 Å². The van der Waals surface area contributed by atoms with Gasteiger partial charge < -0.3 is 14.4 Å². The topological polar surface area (TPSA) is 51.5 Å². The number of aromatic nitrogens is 1. The Labute approximate surface area is 125 Å². The van der Waals surface area contributed by atoms with Gasteiger partial charge in [-0.05, 0) is 49.2 Å². The van der Waals surface area contributed by atoms with E-state index < -0.39 is 5.97 Å². The van der Waals surface area contributed by atoms with Crippen LogP contribution in [0, 0.1) is 6.92 Å². The second-order valence-corrected chi connectivity index (χ2v) is 5.07. The van der Waals surface area contributed by atoms with E-state index in [4.69, 9.17) is 4.74 Å². The molecule has 0 aliphatic heterocycles. The van der Waals surface area contributed by atoms with Gasteiger partial charge in [-0.15, -0.1) is 0 Å². The predicted octanol–water partition coefficient (Wildman–Crippen LogP) is 3.97. The minimum absolute atomic E-state index is 0.372. The number of unbranched alkanes of at least 4 members (excludes halogenated alkanes) is 1. The molecule has 0 unspecified atom stereocenters. The van der Waals surface area contributed by atoms with E-state index in [9.17, 15) is 9.90 Å². The van der Waals surface area contributed by atoms with E-state index in [1.807, 2.05) is 31.2 Å². The minimum atomic E-state index is -0.877. The van der Waals surface area contributed by atoms with Gasteiger partial charge in [0, 0.05) is 17.9 Å². The molecule has 1 aromatic carbocycles. The lowest BCUT2D eigenvalue weighted by molar-refractivity contribution is 0.0696. The van der Waals surface area contributed by atoms with Gasteiger partial charge in [-0.3, -0.25) is 0 Å². The summed E-state index contributed by atoms with van der Waals surface area (Å²) in [7, 11) is 1.63. The Morgan fingerprint density at radius 3 is 2.48 bits per heavy atom. The largest absolute Gasteiger partial charge is 0.497 e. The molecular formula is C17H21NO3. The van der Waals surface area contributed by atoms with Crippen LogP contribution >= 0.6 is 0 Å². The maximum absolute atomic E-state index is 11.4. The van der Waals surface area contributed by atoms with Crippen molar-refractivity contribution in [2.45, 2.75) is 33.2 Å². The fourth-order valence-corrected chi connectivity index (χ4v) is 2.47. The zero-order valence-corrected chi connectivity index (χ0v) is 12.7. The Kier molecular flexibility index (Phi) is 4.68. The van der Waals surface area contributed by atoms with E-state index in [-0.39, 0.29) is 0 Å². The van der Waals surface area contributed by atoms with Gasteiger partial charge in [0.2, 0.25) is 0 Å². The van der Waals surface area contributed by atoms with Gasteiger partial charge in [-0.25, -0.2) is 4.79 Å². The summed E-state index contributed by atoms with van der Waals surface area (Å²) in [6.07, 6.45) is 2.10. The van der Waals surface area contributed by atoms with Gasteiger partial charge in [-0.2, -0.15) is 0 Å². The molecule has 0 radical (unpaired) electrons. The van der Waals surface area contributed by atoms with Crippen molar-refractivity contribution < 1.29 is 14.6 Å². The highest BCUT2D eigenvalue weighted by Gasteiger charge is 2.17. The van der Waals surface area contributed by atoms with E-state index in [0.29, 0.717) is 5.56 Å². The van der Waals surface area contributed by atoms with Crippen molar-refractivity contribution in [1.82, 2.24) is 4.57 Å². The zero-order chi connectivity index (χ0) is 15.4. The SMILES string of the molecule is CCCCn1c(-c2ccc(OC)cc2)cc(C(=O)O)c1C. The van der Waals surface area contributed by atoms with Gasteiger partial charge in [-0.1, -0.05) is 13.3 Å². The van der Waals surface area contributed by atoms with Crippen LogP contribution in [0.5, 0.6) is 5.75 Å². The van der Waals surface area contributed by atoms with Gasteiger partial charge in [0.05, 0.1) is 12.7 Å². The van der Waals surface area contributed by atoms with Crippen molar-refractivity contribution in [1.29, 1.82) is 0 Å². The normalized spacial score (nSPS) is 10.6. The Hall–Kier alpha value is -2.23. The lowest BCUT2D eigenvalue weighted by Crippen LogP contribution is -2.04. The molecule has 0 atom stereocenters. The van der Waals surface area contributed by atoms with Crippen molar-refractivity contribution in [3.8, 4) is 17.0 Å². The summed E-state index contributed by atoms with van der Waals surface area (Å²) >= 11 is 0. The van der Waals surface area contributed by atoms with Crippen LogP contribution in [0.25, 0.3) is 11.3 Å². The van der Waals surface area contributed by atoms with Crippen molar-refractivity contribution >= 4 is 5.97 Å². The van der Waals surface area contributed by atoms with Crippen LogP contribution in [-0.4, -0.2) is 22.8 Å². The first-order chi connectivity index (χ1) is 10.1. The van der Waals surface area contributed by atoms with Crippen LogP contribution in [0.2, 0.25) is 0 Å². The van der Waals surface area contributed by atoms with Crippen molar-refractivity contribution in [3.05, 3.63) is 41.6 Å². The number of carboxylic acids is 1. The summed E-state index contributed by atoms with van der Waals surface area (Å²) in [6.45, 7) is 4.83. The number of ether oxygens (including phenoxy) is 1. The van der Waals surface area contributed by atoms with Crippen LogP contribution in [0.3, 0.4) is 0 Å². The summed E-state index contributed by atoms with van der Waals surface area (Å²) in [5.74, 6) is -0.0851. The van der Waals surface area contributed by atoms with E-state index in [2.05, 4.69) is 11.5 Å². The summed E-state index contributed by atoms with van der Waals surface area (Å²) in [6, 6.07) is 9.46. The maximum Gasteiger partial charge on any atom is 0.337 e. The Bertz CT molecular complexity index is 626. The number of methoxy groups -OCH3 is 1. The number of hydrogen-bond acceptors (Lipinski definition) is 2. The van der Waals surface area contributed by atoms with E-state index in [1.54, 1.807) is 13.2 Å². The molecule has 112 valence electrons. The highest BCUT2D eigenvalue weighted by molar-refractivity contribution is 5.91. The fourth-order valence-electron chi connectivity index (χ4n) is 2.47. The lowest BCUT2D eigenvalue weighted by atomic mass is 10.1. The first kappa shape index (κ1) is 15.2. The molecule has 4 nitrogen and oxygen atoms in total. The zero-order valence-electron chi connectivity index (χ0n) is 12.7. The fraction of sp³-hybridized carbons (Fsp3) is 0.353. The third kappa shape index (κ3) is 3.10.